The average molecular weight is 242 g/mol. The first-order chi connectivity index (χ1) is 8.19. The summed E-state index contributed by atoms with van der Waals surface area (Å²) >= 11 is 0. The number of piperidine rings is 1. The van der Waals surface area contributed by atoms with Crippen LogP contribution in [0.25, 0.3) is 0 Å². The normalized spacial score (nSPS) is 23.1. The van der Waals surface area contributed by atoms with Crippen molar-refractivity contribution in [3.05, 3.63) is 0 Å². The van der Waals surface area contributed by atoms with Crippen LogP contribution in [0.5, 0.6) is 0 Å². The van der Waals surface area contributed by atoms with Crippen molar-refractivity contribution in [2.45, 2.75) is 33.1 Å². The van der Waals surface area contributed by atoms with Gasteiger partial charge in [-0.05, 0) is 6.42 Å². The summed E-state index contributed by atoms with van der Waals surface area (Å²) in [5, 5.41) is 12.0. The van der Waals surface area contributed by atoms with E-state index >= 15 is 0 Å². The van der Waals surface area contributed by atoms with Crippen LogP contribution in [0.2, 0.25) is 0 Å². The van der Waals surface area contributed by atoms with Gasteiger partial charge in [0.25, 0.3) is 0 Å². The van der Waals surface area contributed by atoms with Gasteiger partial charge in [0.1, 0.15) is 0 Å². The van der Waals surface area contributed by atoms with Gasteiger partial charge in [-0.15, -0.1) is 0 Å². The third-order valence-corrected chi connectivity index (χ3v) is 2.99. The van der Waals surface area contributed by atoms with E-state index in [2.05, 4.69) is 5.16 Å². The van der Waals surface area contributed by atoms with Gasteiger partial charge in [-0.3, -0.25) is 4.79 Å². The van der Waals surface area contributed by atoms with Crippen molar-refractivity contribution in [1.29, 1.82) is 0 Å². The van der Waals surface area contributed by atoms with Crippen LogP contribution in [0.3, 0.4) is 0 Å². The van der Waals surface area contributed by atoms with Crippen LogP contribution >= 0.6 is 0 Å². The van der Waals surface area contributed by atoms with Crippen molar-refractivity contribution >= 4 is 11.6 Å². The first-order valence-corrected chi connectivity index (χ1v) is 6.25. The van der Waals surface area contributed by atoms with Crippen LogP contribution < -0.4 is 0 Å². The quantitative estimate of drug-likeness (QED) is 0.451. The molecule has 1 amide bonds. The number of likely N-dealkylation sites (tertiary alicyclic amines) is 1. The van der Waals surface area contributed by atoms with E-state index < -0.39 is 0 Å². The fourth-order valence-electron chi connectivity index (χ4n) is 1.96. The van der Waals surface area contributed by atoms with Gasteiger partial charge in [0.2, 0.25) is 5.91 Å². The predicted octanol–water partition coefficient (Wildman–Crippen LogP) is 1.50. The molecule has 0 spiro atoms. The minimum Gasteiger partial charge on any atom is -0.411 e. The second-order valence-electron chi connectivity index (χ2n) is 4.44. The molecule has 0 saturated carbocycles. The third-order valence-electron chi connectivity index (χ3n) is 2.99. The van der Waals surface area contributed by atoms with Gasteiger partial charge >= 0.3 is 0 Å². The molecule has 1 aliphatic rings. The zero-order valence-electron chi connectivity index (χ0n) is 10.7. The highest BCUT2D eigenvalue weighted by Gasteiger charge is 2.25. The topological polar surface area (TPSA) is 62.1 Å². The Morgan fingerprint density at radius 3 is 2.94 bits per heavy atom. The maximum Gasteiger partial charge on any atom is 0.224 e. The molecule has 0 radical (unpaired) electrons. The minimum absolute atomic E-state index is 0.130. The minimum atomic E-state index is 0.130. The summed E-state index contributed by atoms with van der Waals surface area (Å²) in [6, 6.07) is 0. The lowest BCUT2D eigenvalue weighted by Crippen LogP contribution is -2.43. The monoisotopic (exact) mass is 242 g/mol. The Hall–Kier alpha value is -1.10. The van der Waals surface area contributed by atoms with Crippen molar-refractivity contribution in [1.82, 2.24) is 4.90 Å². The van der Waals surface area contributed by atoms with Crippen LogP contribution in [0.15, 0.2) is 5.16 Å². The second kappa shape index (κ2) is 7.27. The number of rotatable bonds is 5. The Bertz CT molecular complexity index is 279. The van der Waals surface area contributed by atoms with Gasteiger partial charge in [-0.25, -0.2) is 0 Å². The zero-order valence-corrected chi connectivity index (χ0v) is 10.7. The Morgan fingerprint density at radius 1 is 1.59 bits per heavy atom. The van der Waals surface area contributed by atoms with Crippen molar-refractivity contribution < 1.29 is 14.7 Å². The van der Waals surface area contributed by atoms with E-state index in [9.17, 15) is 4.79 Å². The SMILES string of the molecule is CCCOCCC(=O)N1CCC(=NO)C(C)C1. The molecule has 17 heavy (non-hydrogen) atoms. The molecule has 5 heteroatoms. The number of oxime groups is 1. The lowest BCUT2D eigenvalue weighted by Gasteiger charge is -2.31. The van der Waals surface area contributed by atoms with E-state index in [4.69, 9.17) is 9.94 Å². The molecule has 0 aromatic rings. The molecular formula is C12H22N2O3. The standard InChI is InChI=1S/C12H22N2O3/c1-3-7-17-8-5-12(15)14-6-4-11(13-16)10(2)9-14/h10,16H,3-9H2,1-2H3. The molecular weight excluding hydrogens is 220 g/mol. The maximum atomic E-state index is 11.8. The molecule has 1 aliphatic heterocycles. The van der Waals surface area contributed by atoms with Crippen LogP contribution in [-0.2, 0) is 9.53 Å². The van der Waals surface area contributed by atoms with Crippen LogP contribution in [0.1, 0.15) is 33.1 Å². The van der Waals surface area contributed by atoms with E-state index in [0.29, 0.717) is 39.1 Å². The molecule has 0 aromatic heterocycles. The third kappa shape index (κ3) is 4.34. The van der Waals surface area contributed by atoms with Gasteiger partial charge in [-0.1, -0.05) is 19.0 Å². The number of carbonyl (C=O) groups is 1. The summed E-state index contributed by atoms with van der Waals surface area (Å²) in [5.74, 6) is 0.277. The zero-order chi connectivity index (χ0) is 12.7. The molecule has 1 saturated heterocycles. The Labute approximate surface area is 102 Å². The summed E-state index contributed by atoms with van der Waals surface area (Å²) < 4.78 is 5.30. The highest BCUT2D eigenvalue weighted by atomic mass is 16.5. The Morgan fingerprint density at radius 2 is 2.35 bits per heavy atom. The van der Waals surface area contributed by atoms with Crippen molar-refractivity contribution in [3.8, 4) is 0 Å². The lowest BCUT2D eigenvalue weighted by molar-refractivity contribution is -0.133. The number of hydrogen-bond donors (Lipinski definition) is 1. The molecule has 5 nitrogen and oxygen atoms in total. The first kappa shape index (κ1) is 14.0. The van der Waals surface area contributed by atoms with Gasteiger partial charge in [-0.2, -0.15) is 0 Å². The Balaban J connectivity index is 2.29. The smallest absolute Gasteiger partial charge is 0.224 e. The van der Waals surface area contributed by atoms with Gasteiger partial charge in [0.15, 0.2) is 0 Å². The molecule has 1 heterocycles. The van der Waals surface area contributed by atoms with Gasteiger partial charge in [0.05, 0.1) is 18.7 Å². The molecule has 0 aromatic carbocycles. The summed E-state index contributed by atoms with van der Waals surface area (Å²) in [5.41, 5.74) is 0.788. The fourth-order valence-corrected chi connectivity index (χ4v) is 1.96. The first-order valence-electron chi connectivity index (χ1n) is 6.25. The van der Waals surface area contributed by atoms with E-state index in [-0.39, 0.29) is 11.8 Å². The number of hydrogen-bond acceptors (Lipinski definition) is 4. The summed E-state index contributed by atoms with van der Waals surface area (Å²) in [6.07, 6.45) is 2.09. The van der Waals surface area contributed by atoms with Crippen molar-refractivity contribution in [2.24, 2.45) is 11.1 Å². The number of nitrogens with zero attached hydrogens (tertiary/aromatic N) is 2. The van der Waals surface area contributed by atoms with Crippen LogP contribution in [0.4, 0.5) is 0 Å². The lowest BCUT2D eigenvalue weighted by atomic mass is 9.97. The highest BCUT2D eigenvalue weighted by molar-refractivity contribution is 5.89. The van der Waals surface area contributed by atoms with Crippen LogP contribution in [-0.4, -0.2) is 48.0 Å². The second-order valence-corrected chi connectivity index (χ2v) is 4.44. The highest BCUT2D eigenvalue weighted by Crippen LogP contribution is 2.14. The summed E-state index contributed by atoms with van der Waals surface area (Å²) in [6.45, 7) is 6.53. The van der Waals surface area contributed by atoms with Crippen molar-refractivity contribution in [3.63, 3.8) is 0 Å². The van der Waals surface area contributed by atoms with E-state index in [1.807, 2.05) is 18.7 Å². The molecule has 0 aliphatic carbocycles. The summed E-state index contributed by atoms with van der Waals surface area (Å²) in [4.78, 5) is 13.7. The molecule has 1 atom stereocenters. The van der Waals surface area contributed by atoms with E-state index in [1.165, 1.54) is 0 Å². The maximum absolute atomic E-state index is 11.8. The molecule has 1 fully saturated rings. The van der Waals surface area contributed by atoms with E-state index in [1.54, 1.807) is 0 Å². The average Bonchev–Trinajstić information content (AvgIpc) is 2.34. The number of amides is 1. The molecule has 98 valence electrons. The summed E-state index contributed by atoms with van der Waals surface area (Å²) in [7, 11) is 0. The van der Waals surface area contributed by atoms with E-state index in [0.717, 1.165) is 12.1 Å². The van der Waals surface area contributed by atoms with Crippen LogP contribution in [0, 0.1) is 5.92 Å². The van der Waals surface area contributed by atoms with Crippen molar-refractivity contribution in [2.75, 3.05) is 26.3 Å². The largest absolute Gasteiger partial charge is 0.411 e. The number of ether oxygens (including phenoxy) is 1. The molecule has 1 rings (SSSR count). The fraction of sp³-hybridized carbons (Fsp3) is 0.833. The predicted molar refractivity (Wildman–Crippen MR) is 65.3 cm³/mol. The molecule has 1 N–H and O–H groups in total. The molecule has 0 bridgehead atoms. The Kier molecular flexibility index (Phi) is 5.97. The molecule has 1 unspecified atom stereocenters. The van der Waals surface area contributed by atoms with Gasteiger partial charge < -0.3 is 14.8 Å². The van der Waals surface area contributed by atoms with Gasteiger partial charge in [0, 0.05) is 32.0 Å². The number of carbonyl (C=O) groups excluding carboxylic acids is 1.